The summed E-state index contributed by atoms with van der Waals surface area (Å²) in [5.41, 5.74) is 6.95. The van der Waals surface area contributed by atoms with Gasteiger partial charge in [-0.1, -0.05) is 24.6 Å². The van der Waals surface area contributed by atoms with Gasteiger partial charge in [0.25, 0.3) is 0 Å². The van der Waals surface area contributed by atoms with Crippen molar-refractivity contribution in [2.24, 2.45) is 5.73 Å². The first-order valence-corrected chi connectivity index (χ1v) is 7.99. The standard InChI is InChI=1S/C14H20ClFN2S/c1-9-10(2)19-6-5-18(9)14(8-17)11-3-4-13(16)12(15)7-11/h3-4,7,9-10,14H,5-6,8,17H2,1-2H3. The Hall–Kier alpha value is -0.290. The smallest absolute Gasteiger partial charge is 0.141 e. The molecule has 3 atom stereocenters. The van der Waals surface area contributed by atoms with E-state index in [1.54, 1.807) is 12.1 Å². The Labute approximate surface area is 123 Å². The zero-order valence-electron chi connectivity index (χ0n) is 11.3. The van der Waals surface area contributed by atoms with E-state index in [1.165, 1.54) is 6.07 Å². The number of hydrogen-bond acceptors (Lipinski definition) is 3. The molecule has 3 unspecified atom stereocenters. The predicted molar refractivity (Wildman–Crippen MR) is 81.3 cm³/mol. The maximum atomic E-state index is 13.3. The summed E-state index contributed by atoms with van der Waals surface area (Å²) in [6, 6.07) is 5.48. The predicted octanol–water partition coefficient (Wildman–Crippen LogP) is 3.30. The molecule has 1 aromatic carbocycles. The molecule has 0 amide bonds. The first-order valence-electron chi connectivity index (χ1n) is 6.57. The molecular weight excluding hydrogens is 283 g/mol. The molecule has 2 N–H and O–H groups in total. The van der Waals surface area contributed by atoms with E-state index >= 15 is 0 Å². The van der Waals surface area contributed by atoms with Crippen molar-refractivity contribution in [1.29, 1.82) is 0 Å². The van der Waals surface area contributed by atoms with Crippen LogP contribution in [0.1, 0.15) is 25.5 Å². The second-order valence-electron chi connectivity index (χ2n) is 4.98. The Morgan fingerprint density at radius 2 is 2.26 bits per heavy atom. The molecule has 2 rings (SSSR count). The van der Waals surface area contributed by atoms with Crippen LogP contribution in [0.3, 0.4) is 0 Å². The molecule has 2 nitrogen and oxygen atoms in total. The van der Waals surface area contributed by atoms with Crippen molar-refractivity contribution in [3.63, 3.8) is 0 Å². The van der Waals surface area contributed by atoms with Gasteiger partial charge in [0.05, 0.1) is 5.02 Å². The minimum Gasteiger partial charge on any atom is -0.329 e. The van der Waals surface area contributed by atoms with Crippen LogP contribution in [0.15, 0.2) is 18.2 Å². The van der Waals surface area contributed by atoms with Crippen molar-refractivity contribution in [3.8, 4) is 0 Å². The van der Waals surface area contributed by atoms with Crippen LogP contribution in [0.4, 0.5) is 4.39 Å². The molecule has 19 heavy (non-hydrogen) atoms. The van der Waals surface area contributed by atoms with Gasteiger partial charge in [-0.15, -0.1) is 0 Å². The van der Waals surface area contributed by atoms with Crippen LogP contribution in [0.5, 0.6) is 0 Å². The lowest BCUT2D eigenvalue weighted by molar-refractivity contribution is 0.150. The summed E-state index contributed by atoms with van der Waals surface area (Å²) in [6.07, 6.45) is 0. The number of halogens is 2. The summed E-state index contributed by atoms with van der Waals surface area (Å²) in [4.78, 5) is 2.41. The minimum absolute atomic E-state index is 0.108. The molecular formula is C14H20ClFN2S. The number of thioether (sulfide) groups is 1. The Bertz CT molecular complexity index is 443. The average molecular weight is 303 g/mol. The van der Waals surface area contributed by atoms with Gasteiger partial charge in [-0.25, -0.2) is 4.39 Å². The van der Waals surface area contributed by atoms with E-state index < -0.39 is 0 Å². The van der Waals surface area contributed by atoms with Crippen molar-refractivity contribution in [1.82, 2.24) is 4.90 Å². The number of nitrogens with two attached hydrogens (primary N) is 1. The maximum absolute atomic E-state index is 13.3. The molecule has 0 saturated carbocycles. The highest BCUT2D eigenvalue weighted by Crippen LogP contribution is 2.32. The van der Waals surface area contributed by atoms with E-state index in [4.69, 9.17) is 17.3 Å². The summed E-state index contributed by atoms with van der Waals surface area (Å²) in [5.74, 6) is 0.730. The van der Waals surface area contributed by atoms with E-state index in [1.807, 2.05) is 11.8 Å². The Morgan fingerprint density at radius 3 is 2.89 bits per heavy atom. The average Bonchev–Trinajstić information content (AvgIpc) is 2.39. The van der Waals surface area contributed by atoms with Crippen molar-refractivity contribution in [2.45, 2.75) is 31.2 Å². The van der Waals surface area contributed by atoms with Gasteiger partial charge in [0.2, 0.25) is 0 Å². The van der Waals surface area contributed by atoms with Gasteiger partial charge in [0.15, 0.2) is 0 Å². The summed E-state index contributed by atoms with van der Waals surface area (Å²) in [5, 5.41) is 0.752. The fourth-order valence-electron chi connectivity index (χ4n) is 2.58. The van der Waals surface area contributed by atoms with Crippen LogP contribution >= 0.6 is 23.4 Å². The quantitative estimate of drug-likeness (QED) is 0.929. The summed E-state index contributed by atoms with van der Waals surface area (Å²) in [6.45, 7) is 5.99. The lowest BCUT2D eigenvalue weighted by Gasteiger charge is -2.42. The monoisotopic (exact) mass is 302 g/mol. The summed E-state index contributed by atoms with van der Waals surface area (Å²) in [7, 11) is 0. The highest BCUT2D eigenvalue weighted by molar-refractivity contribution is 8.00. The first kappa shape index (κ1) is 15.1. The van der Waals surface area contributed by atoms with Gasteiger partial charge >= 0.3 is 0 Å². The van der Waals surface area contributed by atoms with E-state index in [0.717, 1.165) is 17.9 Å². The number of nitrogens with zero attached hydrogens (tertiary/aromatic N) is 1. The van der Waals surface area contributed by atoms with E-state index in [0.29, 0.717) is 17.8 Å². The topological polar surface area (TPSA) is 29.3 Å². The van der Waals surface area contributed by atoms with Crippen molar-refractivity contribution in [2.75, 3.05) is 18.8 Å². The van der Waals surface area contributed by atoms with Crippen LogP contribution in [0.2, 0.25) is 5.02 Å². The molecule has 0 aliphatic carbocycles. The molecule has 1 aliphatic rings. The van der Waals surface area contributed by atoms with Crippen molar-refractivity contribution < 1.29 is 4.39 Å². The van der Waals surface area contributed by atoms with E-state index in [2.05, 4.69) is 18.7 Å². The molecule has 106 valence electrons. The van der Waals surface area contributed by atoms with Crippen LogP contribution < -0.4 is 5.73 Å². The SMILES string of the molecule is CC1SCCN(C(CN)c2ccc(F)c(Cl)c2)C1C. The third-order valence-electron chi connectivity index (χ3n) is 3.88. The third kappa shape index (κ3) is 3.24. The summed E-state index contributed by atoms with van der Waals surface area (Å²) < 4.78 is 13.3. The highest BCUT2D eigenvalue weighted by atomic mass is 35.5. The molecule has 0 radical (unpaired) electrons. The fraction of sp³-hybridized carbons (Fsp3) is 0.571. The first-order chi connectivity index (χ1) is 9.04. The molecule has 1 saturated heterocycles. The van der Waals surface area contributed by atoms with Crippen LogP contribution in [0.25, 0.3) is 0 Å². The molecule has 5 heteroatoms. The van der Waals surface area contributed by atoms with Crippen LogP contribution in [-0.2, 0) is 0 Å². The number of benzene rings is 1. The molecule has 0 aromatic heterocycles. The van der Waals surface area contributed by atoms with Gasteiger partial charge in [-0.3, -0.25) is 4.90 Å². The van der Waals surface area contributed by atoms with Crippen molar-refractivity contribution >= 4 is 23.4 Å². The third-order valence-corrected chi connectivity index (χ3v) is 5.51. The van der Waals surface area contributed by atoms with E-state index in [9.17, 15) is 4.39 Å². The Morgan fingerprint density at radius 1 is 1.53 bits per heavy atom. The normalized spacial score (nSPS) is 26.4. The van der Waals surface area contributed by atoms with Gasteiger partial charge in [-0.2, -0.15) is 11.8 Å². The lowest BCUT2D eigenvalue weighted by Crippen LogP contribution is -2.48. The number of rotatable bonds is 3. The van der Waals surface area contributed by atoms with Gasteiger partial charge in [0.1, 0.15) is 5.82 Å². The van der Waals surface area contributed by atoms with Gasteiger partial charge in [-0.05, 0) is 24.6 Å². The van der Waals surface area contributed by atoms with Gasteiger partial charge in [0, 0.05) is 36.2 Å². The fourth-order valence-corrected chi connectivity index (χ4v) is 3.89. The molecule has 0 spiro atoms. The zero-order valence-corrected chi connectivity index (χ0v) is 12.8. The van der Waals surface area contributed by atoms with Crippen molar-refractivity contribution in [3.05, 3.63) is 34.6 Å². The maximum Gasteiger partial charge on any atom is 0.141 e. The lowest BCUT2D eigenvalue weighted by atomic mass is 10.0. The van der Waals surface area contributed by atoms with E-state index in [-0.39, 0.29) is 16.9 Å². The second-order valence-corrected chi connectivity index (χ2v) is 6.87. The molecule has 1 heterocycles. The molecule has 1 aromatic rings. The van der Waals surface area contributed by atoms with Crippen LogP contribution in [-0.4, -0.2) is 35.0 Å². The van der Waals surface area contributed by atoms with Crippen LogP contribution in [0, 0.1) is 5.82 Å². The largest absolute Gasteiger partial charge is 0.329 e. The highest BCUT2D eigenvalue weighted by Gasteiger charge is 2.31. The molecule has 0 bridgehead atoms. The van der Waals surface area contributed by atoms with Gasteiger partial charge < -0.3 is 5.73 Å². The number of hydrogen-bond donors (Lipinski definition) is 1. The Kier molecular flexibility index (Phi) is 5.12. The molecule has 1 aliphatic heterocycles. The zero-order chi connectivity index (χ0) is 14.0. The molecule has 1 fully saturated rings. The summed E-state index contributed by atoms with van der Waals surface area (Å²) >= 11 is 7.87. The minimum atomic E-state index is -0.378. The Balaban J connectivity index is 2.25. The second kappa shape index (κ2) is 6.44.